The van der Waals surface area contributed by atoms with Crippen molar-refractivity contribution in [3.05, 3.63) is 21.8 Å². The summed E-state index contributed by atoms with van der Waals surface area (Å²) in [6.45, 7) is 3.95. The van der Waals surface area contributed by atoms with E-state index in [4.69, 9.17) is 0 Å². The molecule has 3 aromatic rings. The van der Waals surface area contributed by atoms with Gasteiger partial charge in [-0.3, -0.25) is 9.89 Å². The number of aryl methyl sites for hydroxylation is 3. The van der Waals surface area contributed by atoms with Crippen molar-refractivity contribution in [3.8, 4) is 0 Å². The van der Waals surface area contributed by atoms with E-state index in [1.54, 1.807) is 16.0 Å². The first-order valence-corrected chi connectivity index (χ1v) is 7.57. The zero-order valence-corrected chi connectivity index (χ0v) is 12.9. The average molecular weight is 304 g/mol. The molecule has 3 rings (SSSR count). The third-order valence-electron chi connectivity index (χ3n) is 3.22. The molecule has 0 aliphatic carbocycles. The fourth-order valence-electron chi connectivity index (χ4n) is 2.29. The van der Waals surface area contributed by atoms with E-state index < -0.39 is 0 Å². The number of hydrogen-bond donors (Lipinski definition) is 2. The molecule has 3 heterocycles. The van der Waals surface area contributed by atoms with Gasteiger partial charge in [0.1, 0.15) is 5.82 Å². The fourth-order valence-corrected chi connectivity index (χ4v) is 2.91. The molecule has 0 saturated carbocycles. The number of carbonyl (C=O) groups is 1. The van der Waals surface area contributed by atoms with Gasteiger partial charge in [0.2, 0.25) is 5.91 Å². The quantitative estimate of drug-likeness (QED) is 0.769. The molecule has 7 nitrogen and oxygen atoms in total. The first-order chi connectivity index (χ1) is 10.1. The first-order valence-electron chi connectivity index (χ1n) is 6.69. The Morgan fingerprint density at radius 1 is 1.52 bits per heavy atom. The van der Waals surface area contributed by atoms with E-state index >= 15 is 0 Å². The van der Waals surface area contributed by atoms with Crippen LogP contribution in [0, 0.1) is 6.92 Å². The normalized spacial score (nSPS) is 11.2. The molecule has 21 heavy (non-hydrogen) atoms. The van der Waals surface area contributed by atoms with Crippen molar-refractivity contribution in [1.29, 1.82) is 0 Å². The Hall–Kier alpha value is -2.22. The van der Waals surface area contributed by atoms with E-state index in [-0.39, 0.29) is 12.3 Å². The monoisotopic (exact) mass is 304 g/mol. The van der Waals surface area contributed by atoms with Crippen molar-refractivity contribution < 1.29 is 4.79 Å². The van der Waals surface area contributed by atoms with Gasteiger partial charge in [-0.15, -0.1) is 11.3 Å². The molecule has 8 heteroatoms. The maximum absolute atomic E-state index is 12.1. The molecule has 0 fully saturated rings. The van der Waals surface area contributed by atoms with Crippen molar-refractivity contribution in [2.24, 2.45) is 7.05 Å². The second kappa shape index (κ2) is 5.28. The smallest absolute Gasteiger partial charge is 0.231 e. The van der Waals surface area contributed by atoms with Crippen molar-refractivity contribution in [2.45, 2.75) is 26.7 Å². The average Bonchev–Trinajstić information content (AvgIpc) is 3.10. The molecule has 0 aliphatic rings. The van der Waals surface area contributed by atoms with E-state index in [1.807, 2.05) is 26.3 Å². The lowest BCUT2D eigenvalue weighted by atomic mass is 10.2. The molecule has 0 saturated heterocycles. The number of nitrogens with zero attached hydrogens (tertiary/aromatic N) is 4. The third kappa shape index (κ3) is 2.54. The molecular weight excluding hydrogens is 288 g/mol. The minimum Gasteiger partial charge on any atom is -0.310 e. The van der Waals surface area contributed by atoms with E-state index in [0.29, 0.717) is 5.82 Å². The summed E-state index contributed by atoms with van der Waals surface area (Å²) in [5.74, 6) is 0.489. The topological polar surface area (TPSA) is 88.5 Å². The number of aromatic amines is 1. The molecule has 1 amide bonds. The summed E-state index contributed by atoms with van der Waals surface area (Å²) in [6.07, 6.45) is 1.04. The van der Waals surface area contributed by atoms with Crippen LogP contribution in [0.3, 0.4) is 0 Å². The van der Waals surface area contributed by atoms with Crippen molar-refractivity contribution >= 4 is 34.1 Å². The lowest BCUT2D eigenvalue weighted by Gasteiger charge is -2.01. The lowest BCUT2D eigenvalue weighted by Crippen LogP contribution is -2.15. The molecule has 2 N–H and O–H groups in total. The minimum absolute atomic E-state index is 0.114. The van der Waals surface area contributed by atoms with Gasteiger partial charge >= 0.3 is 0 Å². The van der Waals surface area contributed by atoms with Crippen molar-refractivity contribution in [3.63, 3.8) is 0 Å². The van der Waals surface area contributed by atoms with E-state index in [2.05, 4.69) is 25.6 Å². The Morgan fingerprint density at radius 3 is 3.00 bits per heavy atom. The van der Waals surface area contributed by atoms with E-state index in [9.17, 15) is 4.79 Å². The highest BCUT2D eigenvalue weighted by Gasteiger charge is 2.17. The highest BCUT2D eigenvalue weighted by atomic mass is 32.1. The molecule has 0 unspecified atom stereocenters. The van der Waals surface area contributed by atoms with Gasteiger partial charge in [0, 0.05) is 12.4 Å². The second-order valence-corrected chi connectivity index (χ2v) is 5.87. The van der Waals surface area contributed by atoms with Crippen molar-refractivity contribution in [2.75, 3.05) is 5.32 Å². The van der Waals surface area contributed by atoms with Crippen molar-refractivity contribution in [1.82, 2.24) is 25.0 Å². The molecule has 0 atom stereocenters. The zero-order chi connectivity index (χ0) is 15.0. The van der Waals surface area contributed by atoms with Gasteiger partial charge in [-0.25, -0.2) is 9.67 Å². The SMILES string of the molecule is CCc1nn(C)c2n[nH]c(NC(=O)Cc3csc(C)n3)c12. The standard InChI is InChI=1S/C13H16N6OS/c1-4-9-11-12(16-17-13(11)19(3)18-9)15-10(20)5-8-6-21-7(2)14-8/h6H,4-5H2,1-3H3,(H2,15,16,17,20). The van der Waals surface area contributed by atoms with Gasteiger partial charge < -0.3 is 5.32 Å². The summed E-state index contributed by atoms with van der Waals surface area (Å²) < 4.78 is 1.71. The number of fused-ring (bicyclic) bond motifs is 1. The van der Waals surface area contributed by atoms with Gasteiger partial charge in [-0.1, -0.05) is 6.92 Å². The number of anilines is 1. The highest BCUT2D eigenvalue weighted by Crippen LogP contribution is 2.24. The highest BCUT2D eigenvalue weighted by molar-refractivity contribution is 7.09. The number of H-pyrrole nitrogens is 1. The van der Waals surface area contributed by atoms with Gasteiger partial charge in [0.15, 0.2) is 5.65 Å². The molecule has 0 spiro atoms. The Morgan fingerprint density at radius 2 is 2.33 bits per heavy atom. The van der Waals surface area contributed by atoms with Crippen LogP contribution >= 0.6 is 11.3 Å². The van der Waals surface area contributed by atoms with Crippen LogP contribution in [0.1, 0.15) is 23.3 Å². The third-order valence-corrected chi connectivity index (χ3v) is 4.04. The predicted molar refractivity (Wildman–Crippen MR) is 81.4 cm³/mol. The summed E-state index contributed by atoms with van der Waals surface area (Å²) in [4.78, 5) is 16.4. The number of amides is 1. The molecule has 0 bridgehead atoms. The van der Waals surface area contributed by atoms with Crippen LogP contribution in [0.5, 0.6) is 0 Å². The summed E-state index contributed by atoms with van der Waals surface area (Å²) in [6, 6.07) is 0. The predicted octanol–water partition coefficient (Wildman–Crippen LogP) is 1.80. The number of carbonyl (C=O) groups excluding carboxylic acids is 1. The number of nitrogens with one attached hydrogen (secondary N) is 2. The van der Waals surface area contributed by atoms with Crippen LogP contribution in [-0.2, 0) is 24.7 Å². The number of aromatic nitrogens is 5. The van der Waals surface area contributed by atoms with E-state index in [0.717, 1.165) is 33.8 Å². The van der Waals surface area contributed by atoms with Crippen LogP contribution in [0.2, 0.25) is 0 Å². The lowest BCUT2D eigenvalue weighted by molar-refractivity contribution is -0.115. The molecule has 0 aromatic carbocycles. The van der Waals surface area contributed by atoms with Crippen LogP contribution in [0.15, 0.2) is 5.38 Å². The molecule has 110 valence electrons. The van der Waals surface area contributed by atoms with Gasteiger partial charge in [0.05, 0.1) is 28.2 Å². The Kier molecular flexibility index (Phi) is 3.46. The minimum atomic E-state index is -0.114. The fraction of sp³-hybridized carbons (Fsp3) is 0.385. The molecule has 0 aliphatic heterocycles. The number of hydrogen-bond acceptors (Lipinski definition) is 5. The molecule has 3 aromatic heterocycles. The summed E-state index contributed by atoms with van der Waals surface area (Å²) >= 11 is 1.54. The van der Waals surface area contributed by atoms with Gasteiger partial charge in [0.25, 0.3) is 0 Å². The maximum Gasteiger partial charge on any atom is 0.231 e. The van der Waals surface area contributed by atoms with Crippen LogP contribution < -0.4 is 5.32 Å². The largest absolute Gasteiger partial charge is 0.310 e. The van der Waals surface area contributed by atoms with Crippen LogP contribution in [-0.4, -0.2) is 30.9 Å². The van der Waals surface area contributed by atoms with Gasteiger partial charge in [-0.2, -0.15) is 10.2 Å². The number of rotatable bonds is 4. The Bertz CT molecular complexity index is 799. The molecular formula is C13H16N6OS. The first kappa shape index (κ1) is 13.7. The summed E-state index contributed by atoms with van der Waals surface area (Å²) in [5, 5.41) is 18.1. The zero-order valence-electron chi connectivity index (χ0n) is 12.1. The Balaban J connectivity index is 1.83. The Labute approximate surface area is 125 Å². The van der Waals surface area contributed by atoms with Crippen LogP contribution in [0.25, 0.3) is 11.0 Å². The molecule has 0 radical (unpaired) electrons. The van der Waals surface area contributed by atoms with Gasteiger partial charge in [-0.05, 0) is 13.3 Å². The maximum atomic E-state index is 12.1. The summed E-state index contributed by atoms with van der Waals surface area (Å²) in [7, 11) is 1.84. The second-order valence-electron chi connectivity index (χ2n) is 4.80. The van der Waals surface area contributed by atoms with E-state index in [1.165, 1.54) is 0 Å². The number of thiazole rings is 1. The van der Waals surface area contributed by atoms with Crippen LogP contribution in [0.4, 0.5) is 5.82 Å². The summed E-state index contributed by atoms with van der Waals surface area (Å²) in [5.41, 5.74) is 2.44.